The maximum absolute atomic E-state index is 12.3. The lowest BCUT2D eigenvalue weighted by Gasteiger charge is -2.22. The Morgan fingerprint density at radius 1 is 1.43 bits per heavy atom. The van der Waals surface area contributed by atoms with Gasteiger partial charge in [0.2, 0.25) is 10.0 Å². The van der Waals surface area contributed by atoms with Crippen molar-refractivity contribution < 1.29 is 18.1 Å². The van der Waals surface area contributed by atoms with E-state index in [0.29, 0.717) is 11.1 Å². The quantitative estimate of drug-likeness (QED) is 0.625. The average molecular weight is 379 g/mol. The minimum Gasteiger partial charge on any atom is -0.377 e. The van der Waals surface area contributed by atoms with Crippen LogP contribution in [0.25, 0.3) is 0 Å². The maximum atomic E-state index is 12.3. The summed E-state index contributed by atoms with van der Waals surface area (Å²) in [5.41, 5.74) is -0.449. The number of hydrogen-bond donors (Lipinski definition) is 1. The molecule has 116 valence electrons. The van der Waals surface area contributed by atoms with Gasteiger partial charge in [0.05, 0.1) is 11.0 Å². The normalized spacial score (nSPS) is 19.4. The largest absolute Gasteiger partial charge is 0.377 e. The fourth-order valence-electron chi connectivity index (χ4n) is 2.10. The van der Waals surface area contributed by atoms with Crippen molar-refractivity contribution in [3.8, 4) is 0 Å². The Morgan fingerprint density at radius 3 is 2.81 bits per heavy atom. The second-order valence-corrected chi connectivity index (χ2v) is 7.36. The highest BCUT2D eigenvalue weighted by Crippen LogP contribution is 2.27. The van der Waals surface area contributed by atoms with Gasteiger partial charge in [-0.15, -0.1) is 0 Å². The molecule has 1 aromatic carbocycles. The predicted octanol–water partition coefficient (Wildman–Crippen LogP) is 2.20. The summed E-state index contributed by atoms with van der Waals surface area (Å²) in [6, 6.07) is 3.82. The Balaban J connectivity index is 2.18. The molecule has 7 nitrogen and oxygen atoms in total. The Kier molecular flexibility index (Phi) is 5.31. The predicted molar refractivity (Wildman–Crippen MR) is 79.6 cm³/mol. The lowest BCUT2D eigenvalue weighted by Crippen LogP contribution is -2.35. The second kappa shape index (κ2) is 6.82. The lowest BCUT2D eigenvalue weighted by atomic mass is 10.1. The first-order valence-corrected chi connectivity index (χ1v) is 8.73. The minimum absolute atomic E-state index is 0.117. The van der Waals surface area contributed by atoms with Gasteiger partial charge < -0.3 is 4.74 Å². The van der Waals surface area contributed by atoms with Crippen molar-refractivity contribution in [2.24, 2.45) is 0 Å². The SMILES string of the molecule is O=[N+]([O-])c1ccc(Br)cc1S(=O)(=O)NCC1CCCCO1. The van der Waals surface area contributed by atoms with Crippen molar-refractivity contribution >= 4 is 31.6 Å². The second-order valence-electron chi connectivity index (χ2n) is 4.71. The molecule has 1 saturated heterocycles. The van der Waals surface area contributed by atoms with Crippen molar-refractivity contribution in [1.29, 1.82) is 0 Å². The summed E-state index contributed by atoms with van der Waals surface area (Å²) in [6.45, 7) is 0.732. The molecular weight excluding hydrogens is 364 g/mol. The van der Waals surface area contributed by atoms with Gasteiger partial charge in [-0.05, 0) is 31.4 Å². The highest BCUT2D eigenvalue weighted by Gasteiger charge is 2.27. The summed E-state index contributed by atoms with van der Waals surface area (Å²) < 4.78 is 32.8. The number of benzene rings is 1. The fraction of sp³-hybridized carbons (Fsp3) is 0.500. The van der Waals surface area contributed by atoms with Crippen LogP contribution in [-0.2, 0) is 14.8 Å². The number of ether oxygens (including phenoxy) is 1. The smallest absolute Gasteiger partial charge is 0.289 e. The van der Waals surface area contributed by atoms with E-state index in [0.717, 1.165) is 25.3 Å². The van der Waals surface area contributed by atoms with Gasteiger partial charge in [0.15, 0.2) is 4.90 Å². The number of nitrogens with one attached hydrogen (secondary N) is 1. The number of nitro groups is 1. The molecule has 0 amide bonds. The van der Waals surface area contributed by atoms with Crippen molar-refractivity contribution in [3.05, 3.63) is 32.8 Å². The molecule has 1 unspecified atom stereocenters. The van der Waals surface area contributed by atoms with Gasteiger partial charge in [-0.25, -0.2) is 13.1 Å². The molecule has 1 aliphatic rings. The van der Waals surface area contributed by atoms with Crippen molar-refractivity contribution in [2.75, 3.05) is 13.2 Å². The molecule has 2 rings (SSSR count). The van der Waals surface area contributed by atoms with E-state index >= 15 is 0 Å². The molecule has 1 aromatic rings. The lowest BCUT2D eigenvalue weighted by molar-refractivity contribution is -0.387. The highest BCUT2D eigenvalue weighted by atomic mass is 79.9. The van der Waals surface area contributed by atoms with E-state index in [1.54, 1.807) is 0 Å². The third-order valence-electron chi connectivity index (χ3n) is 3.18. The van der Waals surface area contributed by atoms with Gasteiger partial charge >= 0.3 is 0 Å². The number of rotatable bonds is 5. The molecule has 9 heteroatoms. The summed E-state index contributed by atoms with van der Waals surface area (Å²) in [4.78, 5) is 9.90. The Hall–Kier alpha value is -1.03. The summed E-state index contributed by atoms with van der Waals surface area (Å²) >= 11 is 3.13. The first-order chi connectivity index (χ1) is 9.90. The number of halogens is 1. The number of hydrogen-bond acceptors (Lipinski definition) is 5. The van der Waals surface area contributed by atoms with Gasteiger partial charge in [0.25, 0.3) is 5.69 Å². The molecule has 0 radical (unpaired) electrons. The summed E-state index contributed by atoms with van der Waals surface area (Å²) in [6.07, 6.45) is 2.56. The topological polar surface area (TPSA) is 98.5 Å². The summed E-state index contributed by atoms with van der Waals surface area (Å²) in [5.74, 6) is 0. The first-order valence-electron chi connectivity index (χ1n) is 6.45. The van der Waals surface area contributed by atoms with Crippen LogP contribution in [0.3, 0.4) is 0 Å². The van der Waals surface area contributed by atoms with Gasteiger partial charge in [0.1, 0.15) is 0 Å². The van der Waals surface area contributed by atoms with Gasteiger partial charge in [-0.1, -0.05) is 15.9 Å². The minimum atomic E-state index is -3.96. The van der Waals surface area contributed by atoms with Crippen molar-refractivity contribution in [3.63, 3.8) is 0 Å². The molecule has 0 bridgehead atoms. The molecule has 1 fully saturated rings. The van der Waals surface area contributed by atoms with Gasteiger partial charge in [-0.3, -0.25) is 10.1 Å². The number of sulfonamides is 1. The van der Waals surface area contributed by atoms with Crippen molar-refractivity contribution in [2.45, 2.75) is 30.3 Å². The van der Waals surface area contributed by atoms with Crippen molar-refractivity contribution in [1.82, 2.24) is 4.72 Å². The first kappa shape index (κ1) is 16.3. The fourth-order valence-corrected chi connectivity index (χ4v) is 3.88. The molecule has 1 heterocycles. The van der Waals surface area contributed by atoms with Gasteiger partial charge in [-0.2, -0.15) is 0 Å². The Bertz CT molecular complexity index is 629. The monoisotopic (exact) mass is 378 g/mol. The zero-order chi connectivity index (χ0) is 15.5. The summed E-state index contributed by atoms with van der Waals surface area (Å²) in [7, 11) is -3.96. The van der Waals surface area contributed by atoms with Gasteiger partial charge in [0, 0.05) is 23.7 Å². The Morgan fingerprint density at radius 2 is 2.19 bits per heavy atom. The standard InChI is InChI=1S/C12H15BrN2O5S/c13-9-4-5-11(15(16)17)12(7-9)21(18,19)14-8-10-3-1-2-6-20-10/h4-5,7,10,14H,1-3,6,8H2. The van der Waals surface area contributed by atoms with Crippen LogP contribution < -0.4 is 4.72 Å². The maximum Gasteiger partial charge on any atom is 0.289 e. The van der Waals surface area contributed by atoms with E-state index in [1.165, 1.54) is 12.1 Å². The molecule has 1 N–H and O–H groups in total. The van der Waals surface area contributed by atoms with E-state index < -0.39 is 20.6 Å². The molecule has 21 heavy (non-hydrogen) atoms. The van der Waals surface area contributed by atoms with Crippen LogP contribution in [0.2, 0.25) is 0 Å². The van der Waals surface area contributed by atoms with E-state index in [9.17, 15) is 18.5 Å². The van der Waals surface area contributed by atoms with E-state index in [1.807, 2.05) is 0 Å². The molecule has 0 saturated carbocycles. The number of nitro benzene ring substituents is 1. The van der Waals surface area contributed by atoms with Crippen LogP contribution in [0, 0.1) is 10.1 Å². The number of nitrogens with zero attached hydrogens (tertiary/aromatic N) is 1. The zero-order valence-electron chi connectivity index (χ0n) is 11.1. The van der Waals surface area contributed by atoms with Crippen LogP contribution >= 0.6 is 15.9 Å². The molecule has 1 aliphatic heterocycles. The third-order valence-corrected chi connectivity index (χ3v) is 5.13. The van der Waals surface area contributed by atoms with Crippen LogP contribution in [0.4, 0.5) is 5.69 Å². The summed E-state index contributed by atoms with van der Waals surface area (Å²) in [5, 5.41) is 11.0. The molecule has 0 aliphatic carbocycles. The van der Waals surface area contributed by atoms with Crippen LogP contribution in [0.15, 0.2) is 27.6 Å². The molecular formula is C12H15BrN2O5S. The van der Waals surface area contributed by atoms with Crippen LogP contribution in [0.1, 0.15) is 19.3 Å². The Labute approximate surface area is 131 Å². The van der Waals surface area contributed by atoms with Crippen LogP contribution in [0.5, 0.6) is 0 Å². The van der Waals surface area contributed by atoms with E-state index in [2.05, 4.69) is 20.7 Å². The van der Waals surface area contributed by atoms with E-state index in [-0.39, 0.29) is 17.5 Å². The van der Waals surface area contributed by atoms with Crippen LogP contribution in [-0.4, -0.2) is 32.6 Å². The van der Waals surface area contributed by atoms with E-state index in [4.69, 9.17) is 4.74 Å². The molecule has 0 aromatic heterocycles. The highest BCUT2D eigenvalue weighted by molar-refractivity contribution is 9.10. The zero-order valence-corrected chi connectivity index (χ0v) is 13.5. The average Bonchev–Trinajstić information content (AvgIpc) is 2.46. The molecule has 0 spiro atoms. The third kappa shape index (κ3) is 4.22. The molecule has 1 atom stereocenters.